The molecule has 1 aromatic heterocycles. The van der Waals surface area contributed by atoms with Gasteiger partial charge in [0.05, 0.1) is 12.5 Å². The van der Waals surface area contributed by atoms with Gasteiger partial charge in [-0.2, -0.15) is 0 Å². The number of nitrogens with zero attached hydrogens (tertiary/aromatic N) is 3. The first-order chi connectivity index (χ1) is 15.5. The summed E-state index contributed by atoms with van der Waals surface area (Å²) in [4.78, 5) is 45.4. The van der Waals surface area contributed by atoms with Crippen LogP contribution < -0.4 is 5.32 Å². The Morgan fingerprint density at radius 3 is 2.69 bits per heavy atom. The quantitative estimate of drug-likeness (QED) is 0.349. The molecule has 3 aliphatic rings. The molecule has 2 heterocycles. The highest BCUT2D eigenvalue weighted by Crippen LogP contribution is 2.42. The number of aryl methyl sites for hydroxylation is 1. The Hall–Kier alpha value is -2.00. The van der Waals surface area contributed by atoms with Crippen molar-refractivity contribution < 1.29 is 19.6 Å². The van der Waals surface area contributed by atoms with Crippen LogP contribution in [0.3, 0.4) is 0 Å². The summed E-state index contributed by atoms with van der Waals surface area (Å²) in [5, 5.41) is 14.0. The molecular weight excluding hydrogens is 428 g/mol. The van der Waals surface area contributed by atoms with Gasteiger partial charge >= 0.3 is 0 Å². The lowest BCUT2D eigenvalue weighted by Gasteiger charge is -2.36. The lowest BCUT2D eigenvalue weighted by molar-refractivity contribution is -0.159. The number of hydroxylamine groups is 2. The molecule has 2 aliphatic carbocycles. The third-order valence-electron chi connectivity index (χ3n) is 7.47. The molecule has 1 aromatic rings. The van der Waals surface area contributed by atoms with Gasteiger partial charge < -0.3 is 10.2 Å². The summed E-state index contributed by atoms with van der Waals surface area (Å²) < 4.78 is 0. The summed E-state index contributed by atoms with van der Waals surface area (Å²) in [6, 6.07) is -0.478. The predicted octanol–water partition coefficient (Wildman–Crippen LogP) is 3.59. The maximum absolute atomic E-state index is 13.9. The van der Waals surface area contributed by atoms with E-state index in [9.17, 15) is 19.6 Å². The summed E-state index contributed by atoms with van der Waals surface area (Å²) in [6.45, 7) is 1.92. The van der Waals surface area contributed by atoms with Crippen LogP contribution in [0.1, 0.15) is 69.1 Å². The monoisotopic (exact) mass is 462 g/mol. The third-order valence-corrected chi connectivity index (χ3v) is 8.30. The summed E-state index contributed by atoms with van der Waals surface area (Å²) in [6.07, 6.45) is 12.0. The normalized spacial score (nSPS) is 26.6. The van der Waals surface area contributed by atoms with E-state index in [1.807, 2.05) is 11.8 Å². The number of amides is 3. The van der Waals surface area contributed by atoms with Crippen LogP contribution in [0.15, 0.2) is 6.20 Å². The average molecular weight is 463 g/mol. The zero-order chi connectivity index (χ0) is 22.7. The summed E-state index contributed by atoms with van der Waals surface area (Å²) in [5.74, 6) is -0.0174. The SMILES string of the molecule is Cc1cnc(NC(=O)[C@@H]2C[C@H]3CCCC[C@@H]3N2C(=O)[C@H](CC2CCCC2)CN(O)C=O)s1. The molecule has 4 atom stereocenters. The maximum atomic E-state index is 13.9. The van der Waals surface area contributed by atoms with Gasteiger partial charge in [-0.05, 0) is 44.4 Å². The summed E-state index contributed by atoms with van der Waals surface area (Å²) in [5.41, 5.74) is 0. The van der Waals surface area contributed by atoms with E-state index >= 15 is 0 Å². The fourth-order valence-corrected chi connectivity index (χ4v) is 6.66. The Bertz CT molecular complexity index is 825. The Kier molecular flexibility index (Phi) is 7.45. The van der Waals surface area contributed by atoms with Crippen molar-refractivity contribution in [3.05, 3.63) is 11.1 Å². The van der Waals surface area contributed by atoms with Gasteiger partial charge in [0.25, 0.3) is 0 Å². The van der Waals surface area contributed by atoms with Crippen LogP contribution in [0.4, 0.5) is 5.13 Å². The lowest BCUT2D eigenvalue weighted by Crippen LogP contribution is -2.51. The van der Waals surface area contributed by atoms with Crippen LogP contribution in [0.5, 0.6) is 0 Å². The van der Waals surface area contributed by atoms with Crippen molar-refractivity contribution >= 4 is 34.7 Å². The Labute approximate surface area is 193 Å². The average Bonchev–Trinajstić information content (AvgIpc) is 3.52. The fourth-order valence-electron chi connectivity index (χ4n) is 5.99. The van der Waals surface area contributed by atoms with E-state index in [1.165, 1.54) is 11.3 Å². The van der Waals surface area contributed by atoms with E-state index in [0.717, 1.165) is 56.2 Å². The summed E-state index contributed by atoms with van der Waals surface area (Å²) >= 11 is 1.42. The molecular formula is C23H34N4O4S. The van der Waals surface area contributed by atoms with Gasteiger partial charge in [0.1, 0.15) is 6.04 Å². The van der Waals surface area contributed by atoms with Gasteiger partial charge in [0.15, 0.2) is 5.13 Å². The van der Waals surface area contributed by atoms with E-state index in [0.29, 0.717) is 41.3 Å². The van der Waals surface area contributed by atoms with Crippen molar-refractivity contribution in [1.82, 2.24) is 14.9 Å². The molecule has 3 fully saturated rings. The van der Waals surface area contributed by atoms with E-state index in [1.54, 1.807) is 6.20 Å². The third kappa shape index (κ3) is 5.14. The number of anilines is 1. The molecule has 8 nitrogen and oxygen atoms in total. The molecule has 0 spiro atoms. The van der Waals surface area contributed by atoms with Crippen molar-refractivity contribution in [1.29, 1.82) is 0 Å². The number of rotatable bonds is 8. The molecule has 0 bridgehead atoms. The van der Waals surface area contributed by atoms with Crippen LogP contribution in [-0.4, -0.2) is 57.0 Å². The number of hydrogen-bond acceptors (Lipinski definition) is 6. The number of carbonyl (C=O) groups excluding carboxylic acids is 3. The largest absolute Gasteiger partial charge is 0.327 e. The number of nitrogens with one attached hydrogen (secondary N) is 1. The molecule has 2 N–H and O–H groups in total. The van der Waals surface area contributed by atoms with Gasteiger partial charge in [-0.15, -0.1) is 11.3 Å². The molecule has 176 valence electrons. The first-order valence-corrected chi connectivity index (χ1v) is 12.7. The van der Waals surface area contributed by atoms with Gasteiger partial charge in [-0.1, -0.05) is 38.5 Å². The second-order valence-corrected chi connectivity index (χ2v) is 10.9. The van der Waals surface area contributed by atoms with Crippen molar-refractivity contribution in [2.45, 2.75) is 83.2 Å². The molecule has 1 aliphatic heterocycles. The van der Waals surface area contributed by atoms with E-state index in [2.05, 4.69) is 10.3 Å². The van der Waals surface area contributed by atoms with Crippen LogP contribution in [0.2, 0.25) is 0 Å². The van der Waals surface area contributed by atoms with Crippen LogP contribution in [0, 0.1) is 24.7 Å². The zero-order valence-corrected chi connectivity index (χ0v) is 19.6. The molecule has 9 heteroatoms. The Balaban J connectivity index is 1.56. The molecule has 2 saturated carbocycles. The number of likely N-dealkylation sites (tertiary alicyclic amines) is 1. The van der Waals surface area contributed by atoms with Crippen LogP contribution in [0.25, 0.3) is 0 Å². The number of carbonyl (C=O) groups is 3. The molecule has 3 amide bonds. The second-order valence-electron chi connectivity index (χ2n) is 9.68. The smallest absolute Gasteiger partial charge is 0.248 e. The van der Waals surface area contributed by atoms with Crippen molar-refractivity contribution in [2.24, 2.45) is 17.8 Å². The molecule has 0 unspecified atom stereocenters. The molecule has 0 radical (unpaired) electrons. The predicted molar refractivity (Wildman–Crippen MR) is 121 cm³/mol. The minimum atomic E-state index is -0.533. The summed E-state index contributed by atoms with van der Waals surface area (Å²) in [7, 11) is 0. The molecule has 4 rings (SSSR count). The highest BCUT2D eigenvalue weighted by atomic mass is 32.1. The van der Waals surface area contributed by atoms with Gasteiger partial charge in [0.2, 0.25) is 18.2 Å². The molecule has 32 heavy (non-hydrogen) atoms. The van der Waals surface area contributed by atoms with Crippen LogP contribution in [-0.2, 0) is 14.4 Å². The van der Waals surface area contributed by atoms with Crippen molar-refractivity contribution in [3.63, 3.8) is 0 Å². The molecule has 0 aromatic carbocycles. The standard InChI is InChI=1S/C23H34N4O4S/c1-15-12-24-23(32-15)25-21(29)20-11-17-8-4-5-9-19(17)27(20)22(30)18(13-26(31)14-28)10-16-6-2-3-7-16/h12,14,16-20,31H,2-11,13H2,1H3,(H,24,25,29)/t17-,18-,19+,20+/m1/s1. The number of fused-ring (bicyclic) bond motifs is 1. The fraction of sp³-hybridized carbons (Fsp3) is 0.739. The highest BCUT2D eigenvalue weighted by Gasteiger charge is 2.49. The first-order valence-electron chi connectivity index (χ1n) is 11.9. The second kappa shape index (κ2) is 10.3. The number of thiazole rings is 1. The Morgan fingerprint density at radius 2 is 2.00 bits per heavy atom. The van der Waals surface area contributed by atoms with Crippen molar-refractivity contribution in [3.8, 4) is 0 Å². The van der Waals surface area contributed by atoms with Gasteiger partial charge in [-0.25, -0.2) is 10.0 Å². The van der Waals surface area contributed by atoms with E-state index in [4.69, 9.17) is 0 Å². The van der Waals surface area contributed by atoms with E-state index < -0.39 is 12.0 Å². The van der Waals surface area contributed by atoms with Crippen LogP contribution >= 0.6 is 11.3 Å². The van der Waals surface area contributed by atoms with Crippen molar-refractivity contribution in [2.75, 3.05) is 11.9 Å². The molecule has 1 saturated heterocycles. The Morgan fingerprint density at radius 1 is 1.28 bits per heavy atom. The maximum Gasteiger partial charge on any atom is 0.248 e. The number of aromatic nitrogens is 1. The first kappa shape index (κ1) is 23.2. The van der Waals surface area contributed by atoms with Gasteiger partial charge in [-0.3, -0.25) is 19.6 Å². The lowest BCUT2D eigenvalue weighted by atomic mass is 9.84. The van der Waals surface area contributed by atoms with E-state index in [-0.39, 0.29) is 24.4 Å². The minimum absolute atomic E-state index is 0.0211. The highest BCUT2D eigenvalue weighted by molar-refractivity contribution is 7.15. The number of hydrogen-bond donors (Lipinski definition) is 2. The topological polar surface area (TPSA) is 103 Å². The minimum Gasteiger partial charge on any atom is -0.327 e. The van der Waals surface area contributed by atoms with Gasteiger partial charge in [0, 0.05) is 17.1 Å². The zero-order valence-electron chi connectivity index (χ0n) is 18.7.